The van der Waals surface area contributed by atoms with Crippen molar-refractivity contribution in [3.05, 3.63) is 57.7 Å². The van der Waals surface area contributed by atoms with Crippen LogP contribution in [0.4, 0.5) is 0 Å². The number of hydrogen-bond donors (Lipinski definition) is 0. The average molecular weight is 869 g/mol. The zero-order valence-corrected chi connectivity index (χ0v) is 39.9. The number of piperazine rings is 2. The van der Waals surface area contributed by atoms with Gasteiger partial charge in [0.2, 0.25) is 0 Å². The predicted octanol–water partition coefficient (Wildman–Crippen LogP) is 6.55. The summed E-state index contributed by atoms with van der Waals surface area (Å²) in [5, 5.41) is 0. The fourth-order valence-electron chi connectivity index (χ4n) is 12.0. The van der Waals surface area contributed by atoms with Gasteiger partial charge in [-0.15, -0.1) is 0 Å². The molecule has 0 amide bonds. The highest BCUT2D eigenvalue weighted by Gasteiger charge is 2.86. The third kappa shape index (κ3) is 7.83. The van der Waals surface area contributed by atoms with Crippen molar-refractivity contribution in [1.29, 1.82) is 0 Å². The largest absolute Gasteiger partial charge is 0.491 e. The number of Topliss-reactive ketones (excluding diaryl/α,β-unsaturated/α-hetero) is 2. The van der Waals surface area contributed by atoms with Gasteiger partial charge in [0.15, 0.2) is 22.8 Å². The predicted molar refractivity (Wildman–Crippen MR) is 245 cm³/mol. The summed E-state index contributed by atoms with van der Waals surface area (Å²) in [6.07, 6.45) is 13.0. The summed E-state index contributed by atoms with van der Waals surface area (Å²) in [5.41, 5.74) is 0.303. The Morgan fingerprint density at radius 1 is 0.873 bits per heavy atom. The van der Waals surface area contributed by atoms with Crippen LogP contribution in [0.1, 0.15) is 103 Å². The second kappa shape index (κ2) is 17.2. The van der Waals surface area contributed by atoms with Gasteiger partial charge in [-0.25, -0.2) is 4.79 Å². The molecule has 344 valence electrons. The number of carbonyl (C=O) groups excluding carboxylic acids is 3. The van der Waals surface area contributed by atoms with Gasteiger partial charge >= 0.3 is 5.97 Å². The molecule has 12 nitrogen and oxygen atoms in total. The summed E-state index contributed by atoms with van der Waals surface area (Å²) in [6.45, 7) is 24.4. The van der Waals surface area contributed by atoms with E-state index in [0.29, 0.717) is 54.4 Å². The molecule has 0 aromatic heterocycles. The Morgan fingerprint density at radius 2 is 1.54 bits per heavy atom. The van der Waals surface area contributed by atoms with Gasteiger partial charge in [0.1, 0.15) is 35.0 Å². The topological polar surface area (TPSA) is 110 Å². The van der Waals surface area contributed by atoms with Crippen LogP contribution in [0.25, 0.3) is 6.08 Å². The lowest BCUT2D eigenvalue weighted by molar-refractivity contribution is -0.214. The summed E-state index contributed by atoms with van der Waals surface area (Å²) < 4.78 is 34.5. The minimum atomic E-state index is -1.55. The van der Waals surface area contributed by atoms with Gasteiger partial charge in [0.05, 0.1) is 24.2 Å². The van der Waals surface area contributed by atoms with E-state index in [-0.39, 0.29) is 23.9 Å². The molecule has 7 unspecified atom stereocenters. The average Bonchev–Trinajstić information content (AvgIpc) is 3.38. The van der Waals surface area contributed by atoms with E-state index in [1.807, 2.05) is 13.8 Å². The summed E-state index contributed by atoms with van der Waals surface area (Å²) >= 11 is 0. The van der Waals surface area contributed by atoms with Crippen LogP contribution in [0.3, 0.4) is 0 Å². The Balaban J connectivity index is 1.36. The Kier molecular flexibility index (Phi) is 12.5. The van der Waals surface area contributed by atoms with Crippen molar-refractivity contribution in [2.24, 2.45) is 17.8 Å². The van der Waals surface area contributed by atoms with Crippen LogP contribution in [0.5, 0.6) is 17.2 Å². The second-order valence-electron chi connectivity index (χ2n) is 20.7. The van der Waals surface area contributed by atoms with E-state index in [2.05, 4.69) is 92.6 Å². The number of fused-ring (bicyclic) bond motifs is 2. The molecule has 3 saturated heterocycles. The number of hydrogen-bond acceptors (Lipinski definition) is 12. The number of methoxy groups -OCH3 is 1. The first-order valence-electron chi connectivity index (χ1n) is 23.4. The molecule has 5 heterocycles. The van der Waals surface area contributed by atoms with Crippen LogP contribution < -0.4 is 14.2 Å². The minimum Gasteiger partial charge on any atom is -0.491 e. The van der Waals surface area contributed by atoms with Gasteiger partial charge in [0.25, 0.3) is 0 Å². The maximum Gasteiger partial charge on any atom is 0.333 e. The molecule has 12 heteroatoms. The fraction of sp³-hybridized carbons (Fsp3) is 0.667. The van der Waals surface area contributed by atoms with Crippen LogP contribution in [0.2, 0.25) is 0 Å². The number of ether oxygens (including phenoxy) is 5. The van der Waals surface area contributed by atoms with Crippen LogP contribution >= 0.6 is 0 Å². The van der Waals surface area contributed by atoms with E-state index >= 15 is 9.59 Å². The number of esters is 1. The Morgan fingerprint density at radius 3 is 2.19 bits per heavy atom. The third-order valence-corrected chi connectivity index (χ3v) is 15.4. The van der Waals surface area contributed by atoms with Crippen LogP contribution in [0.15, 0.2) is 41.0 Å². The lowest BCUT2D eigenvalue weighted by Crippen LogP contribution is -2.82. The van der Waals surface area contributed by atoms with Crippen LogP contribution in [-0.4, -0.2) is 152 Å². The number of rotatable bonds is 13. The van der Waals surface area contributed by atoms with E-state index in [9.17, 15) is 4.79 Å². The molecular formula is C51H72N4O8. The SMILES string of the molecule is COC(=O)/C(C)=C\CC12OC(C)(C)C3CC(C1=O)C(N1CCN(C)CC1)C1C(=O)c4c(OCCN5CCN(C)CC5)c5c(c(CC=C(C)C)c4OC132)OC(C)(CCC=C(C)C)C=C5. The summed E-state index contributed by atoms with van der Waals surface area (Å²) in [5.74, 6) is -0.548. The van der Waals surface area contributed by atoms with Gasteiger partial charge < -0.3 is 33.5 Å². The molecule has 0 N–H and O–H groups in total. The normalized spacial score (nSPS) is 32.6. The van der Waals surface area contributed by atoms with Crippen LogP contribution in [-0.2, 0) is 25.5 Å². The molecule has 1 aromatic carbocycles. The summed E-state index contributed by atoms with van der Waals surface area (Å²) in [7, 11) is 5.63. The maximum absolute atomic E-state index is 16.5. The van der Waals surface area contributed by atoms with Gasteiger partial charge in [-0.1, -0.05) is 29.4 Å². The Labute approximate surface area is 375 Å². The second-order valence-corrected chi connectivity index (χ2v) is 20.7. The molecule has 4 bridgehead atoms. The van der Waals surface area contributed by atoms with Crippen molar-refractivity contribution in [2.75, 3.05) is 86.7 Å². The first kappa shape index (κ1) is 45.7. The van der Waals surface area contributed by atoms with E-state index in [1.165, 1.54) is 12.7 Å². The molecule has 3 aliphatic carbocycles. The molecule has 6 fully saturated rings. The van der Waals surface area contributed by atoms with E-state index < -0.39 is 46.3 Å². The summed E-state index contributed by atoms with van der Waals surface area (Å²) in [6, 6.07) is -0.403. The summed E-state index contributed by atoms with van der Waals surface area (Å²) in [4.78, 5) is 54.5. The molecule has 3 saturated carbocycles. The van der Waals surface area contributed by atoms with Crippen molar-refractivity contribution >= 4 is 23.6 Å². The Bertz CT molecular complexity index is 2120. The molecule has 1 spiro atoms. The fourth-order valence-corrected chi connectivity index (χ4v) is 12.0. The lowest BCUT2D eigenvalue weighted by Gasteiger charge is -2.65. The molecule has 63 heavy (non-hydrogen) atoms. The minimum absolute atomic E-state index is 0.0480. The zero-order valence-electron chi connectivity index (χ0n) is 39.9. The van der Waals surface area contributed by atoms with E-state index in [4.69, 9.17) is 23.7 Å². The molecule has 7 atom stereocenters. The van der Waals surface area contributed by atoms with Gasteiger partial charge in [0, 0.05) is 94.3 Å². The van der Waals surface area contributed by atoms with Crippen molar-refractivity contribution in [3.63, 3.8) is 0 Å². The third-order valence-electron chi connectivity index (χ3n) is 15.4. The molecular weight excluding hydrogens is 797 g/mol. The van der Waals surface area contributed by atoms with Gasteiger partial charge in [-0.05, 0) is 107 Å². The quantitative estimate of drug-likeness (QED) is 0.122. The number of allylic oxidation sites excluding steroid dienone is 4. The van der Waals surface area contributed by atoms with E-state index in [1.54, 1.807) is 13.0 Å². The number of carbonyl (C=O) groups is 3. The maximum atomic E-state index is 16.5. The first-order chi connectivity index (χ1) is 29.9. The zero-order chi connectivity index (χ0) is 45.2. The lowest BCUT2D eigenvalue weighted by atomic mass is 9.44. The highest BCUT2D eigenvalue weighted by molar-refractivity contribution is 6.10. The smallest absolute Gasteiger partial charge is 0.333 e. The van der Waals surface area contributed by atoms with Crippen LogP contribution in [0, 0.1) is 17.8 Å². The molecule has 1 aromatic rings. The standard InChI is InChI=1S/C51H72N4O8/c1-32(2)13-12-18-49(8)19-17-36-43(61-49)35(15-14-33(3)4)45-39(44(36)60-30-29-54-25-21-52(9)22-26-54)42(56)40-41(55-27-23-53(10)24-28-55)37-31-38-48(6,7)63-50(46(37)57,51(38,40)62-45)20-16-34(5)47(58)59-11/h13-14,16-17,19,37-38,40-41H,12,15,18,20-31H2,1-11H3/b34-16-. The monoisotopic (exact) mass is 869 g/mol. The number of benzene rings is 1. The molecule has 5 aliphatic heterocycles. The van der Waals surface area contributed by atoms with Crippen molar-refractivity contribution < 1.29 is 38.1 Å². The molecule has 8 aliphatic rings. The Hall–Kier alpha value is -3.81. The van der Waals surface area contributed by atoms with Crippen molar-refractivity contribution in [2.45, 2.75) is 116 Å². The van der Waals surface area contributed by atoms with Crippen molar-refractivity contribution in [3.8, 4) is 17.2 Å². The number of ketones is 2. The number of likely N-dealkylation sites (N-methyl/N-ethyl adjacent to an activating group) is 2. The molecule has 9 rings (SSSR count). The van der Waals surface area contributed by atoms with E-state index in [0.717, 1.165) is 81.9 Å². The number of nitrogens with zero attached hydrogens (tertiary/aromatic N) is 4. The van der Waals surface area contributed by atoms with Gasteiger partial charge in [-0.3, -0.25) is 19.4 Å². The van der Waals surface area contributed by atoms with Crippen molar-refractivity contribution in [1.82, 2.24) is 19.6 Å². The first-order valence-corrected chi connectivity index (χ1v) is 23.4. The highest BCUT2D eigenvalue weighted by Crippen LogP contribution is 2.71. The van der Waals surface area contributed by atoms with Gasteiger partial charge in [-0.2, -0.15) is 0 Å². The highest BCUT2D eigenvalue weighted by atomic mass is 16.6. The molecule has 0 radical (unpaired) electrons.